The van der Waals surface area contributed by atoms with E-state index in [9.17, 15) is 22.7 Å². The zero-order chi connectivity index (χ0) is 17.5. The van der Waals surface area contributed by atoms with E-state index >= 15 is 0 Å². The molecule has 1 aliphatic heterocycles. The van der Waals surface area contributed by atoms with Gasteiger partial charge in [0.25, 0.3) is 0 Å². The van der Waals surface area contributed by atoms with E-state index in [1.54, 1.807) is 0 Å². The van der Waals surface area contributed by atoms with Gasteiger partial charge in [-0.2, -0.15) is 8.78 Å². The fraction of sp³-hybridized carbons (Fsp3) is 0.312. The van der Waals surface area contributed by atoms with Crippen molar-refractivity contribution in [3.8, 4) is 5.75 Å². The van der Waals surface area contributed by atoms with Gasteiger partial charge in [0, 0.05) is 12.7 Å². The van der Waals surface area contributed by atoms with Crippen molar-refractivity contribution in [2.24, 2.45) is 0 Å². The first-order chi connectivity index (χ1) is 11.3. The minimum Gasteiger partial charge on any atom is -0.429 e. The lowest BCUT2D eigenvalue weighted by molar-refractivity contribution is -0.173. The van der Waals surface area contributed by atoms with Crippen LogP contribution in [0.5, 0.6) is 5.75 Å². The quantitative estimate of drug-likeness (QED) is 0.869. The van der Waals surface area contributed by atoms with Gasteiger partial charge in [0.1, 0.15) is 18.2 Å². The Morgan fingerprint density at radius 1 is 1.33 bits per heavy atom. The highest BCUT2D eigenvalue weighted by atomic mass is 19.3. The molecule has 2 aromatic rings. The van der Waals surface area contributed by atoms with Gasteiger partial charge in [-0.25, -0.2) is 8.78 Å². The van der Waals surface area contributed by atoms with E-state index in [1.807, 2.05) is 0 Å². The minimum absolute atomic E-state index is 0.0679. The average Bonchev–Trinajstić information content (AvgIpc) is 2.45. The molecule has 2 heterocycles. The molecule has 0 radical (unpaired) electrons. The predicted octanol–water partition coefficient (Wildman–Crippen LogP) is 3.40. The molecule has 0 amide bonds. The third-order valence-corrected chi connectivity index (χ3v) is 3.64. The molecule has 24 heavy (non-hydrogen) atoms. The number of alkyl halides is 2. The van der Waals surface area contributed by atoms with Crippen LogP contribution >= 0.6 is 0 Å². The summed E-state index contributed by atoms with van der Waals surface area (Å²) in [6.45, 7) is 0.401. The van der Waals surface area contributed by atoms with Crippen LogP contribution in [0.4, 0.5) is 23.2 Å². The second kappa shape index (κ2) is 5.94. The van der Waals surface area contributed by atoms with Crippen molar-refractivity contribution in [1.82, 2.24) is 4.98 Å². The average molecular weight is 342 g/mol. The standard InChI is InChI=1S/C16H14F4N2O2/c1-9(23)14-12(18)2-3-13-15(14)24-16(19,20)8-22(13)7-10-4-11(17)6-21-5-10/h2-6,9,23H,7-8H2,1H3/t9-/m0/s1. The Hall–Kier alpha value is -2.35. The predicted molar refractivity (Wildman–Crippen MR) is 77.9 cm³/mol. The van der Waals surface area contributed by atoms with E-state index in [1.165, 1.54) is 30.2 Å². The number of pyridine rings is 1. The molecule has 1 aromatic heterocycles. The molecular weight excluding hydrogens is 328 g/mol. The highest BCUT2D eigenvalue weighted by Crippen LogP contribution is 2.44. The fourth-order valence-corrected chi connectivity index (χ4v) is 2.70. The van der Waals surface area contributed by atoms with Crippen LogP contribution in [0.25, 0.3) is 0 Å². The Bertz CT molecular complexity index is 768. The molecule has 128 valence electrons. The normalized spacial score (nSPS) is 17.2. The van der Waals surface area contributed by atoms with Crippen LogP contribution in [0.15, 0.2) is 30.6 Å². The molecule has 8 heteroatoms. The summed E-state index contributed by atoms with van der Waals surface area (Å²) in [6, 6.07) is 3.54. The van der Waals surface area contributed by atoms with Crippen LogP contribution in [0.2, 0.25) is 0 Å². The number of rotatable bonds is 3. The van der Waals surface area contributed by atoms with Crippen molar-refractivity contribution in [1.29, 1.82) is 0 Å². The van der Waals surface area contributed by atoms with Crippen LogP contribution in [-0.2, 0) is 6.54 Å². The number of aromatic nitrogens is 1. The first-order valence-electron chi connectivity index (χ1n) is 7.18. The van der Waals surface area contributed by atoms with Crippen LogP contribution in [0, 0.1) is 11.6 Å². The topological polar surface area (TPSA) is 45.6 Å². The molecule has 0 bridgehead atoms. The Morgan fingerprint density at radius 2 is 2.08 bits per heavy atom. The molecule has 0 fully saturated rings. The number of halogens is 4. The van der Waals surface area contributed by atoms with E-state index in [-0.39, 0.29) is 17.8 Å². The van der Waals surface area contributed by atoms with Crippen molar-refractivity contribution in [3.63, 3.8) is 0 Å². The van der Waals surface area contributed by atoms with E-state index < -0.39 is 36.1 Å². The number of nitrogens with zero attached hydrogens (tertiary/aromatic N) is 2. The van der Waals surface area contributed by atoms with Crippen LogP contribution in [0.3, 0.4) is 0 Å². The number of benzene rings is 1. The highest BCUT2D eigenvalue weighted by Gasteiger charge is 2.42. The zero-order valence-corrected chi connectivity index (χ0v) is 12.6. The maximum absolute atomic E-state index is 13.9. The molecule has 0 saturated carbocycles. The Labute approximate surface area is 135 Å². The van der Waals surface area contributed by atoms with Gasteiger partial charge >= 0.3 is 6.11 Å². The minimum atomic E-state index is -3.58. The Morgan fingerprint density at radius 3 is 2.75 bits per heavy atom. The van der Waals surface area contributed by atoms with Gasteiger partial charge in [0.15, 0.2) is 5.75 Å². The van der Waals surface area contributed by atoms with Crippen molar-refractivity contribution in [2.45, 2.75) is 25.7 Å². The molecular formula is C16H14F4N2O2. The third kappa shape index (κ3) is 3.14. The van der Waals surface area contributed by atoms with Crippen molar-refractivity contribution < 1.29 is 27.4 Å². The third-order valence-electron chi connectivity index (χ3n) is 3.64. The molecule has 1 N–H and O–H groups in total. The molecule has 3 rings (SSSR count). The monoisotopic (exact) mass is 342 g/mol. The maximum atomic E-state index is 13.9. The summed E-state index contributed by atoms with van der Waals surface area (Å²) < 4.78 is 59.7. The SMILES string of the molecule is C[C@H](O)c1c(F)ccc2c1OC(F)(F)CN2Cc1cncc(F)c1. The summed E-state index contributed by atoms with van der Waals surface area (Å²) in [6.07, 6.45) is -2.54. The molecule has 0 unspecified atom stereocenters. The molecule has 1 atom stereocenters. The summed E-state index contributed by atoms with van der Waals surface area (Å²) in [5.41, 5.74) is 0.235. The lowest BCUT2D eigenvalue weighted by Crippen LogP contribution is -2.45. The van der Waals surface area contributed by atoms with Gasteiger partial charge in [-0.05, 0) is 30.7 Å². The first kappa shape index (κ1) is 16.5. The lowest BCUT2D eigenvalue weighted by atomic mass is 10.0. The Kier molecular flexibility index (Phi) is 4.08. The van der Waals surface area contributed by atoms with Gasteiger partial charge in [-0.15, -0.1) is 0 Å². The van der Waals surface area contributed by atoms with Gasteiger partial charge in [0.05, 0.1) is 23.6 Å². The van der Waals surface area contributed by atoms with Crippen molar-refractivity contribution >= 4 is 5.69 Å². The van der Waals surface area contributed by atoms with Crippen molar-refractivity contribution in [3.05, 3.63) is 53.4 Å². The fourth-order valence-electron chi connectivity index (χ4n) is 2.70. The van der Waals surface area contributed by atoms with Crippen LogP contribution in [-0.4, -0.2) is 22.7 Å². The number of aliphatic hydroxyl groups excluding tert-OH is 1. The summed E-state index contributed by atoms with van der Waals surface area (Å²) >= 11 is 0. The second-order valence-electron chi connectivity index (χ2n) is 5.59. The van der Waals surface area contributed by atoms with Gasteiger partial charge in [0.2, 0.25) is 0 Å². The van der Waals surface area contributed by atoms with Gasteiger partial charge in [-0.3, -0.25) is 4.98 Å². The summed E-state index contributed by atoms with van der Waals surface area (Å²) in [4.78, 5) is 4.92. The van der Waals surface area contributed by atoms with Gasteiger partial charge < -0.3 is 14.7 Å². The molecule has 4 nitrogen and oxygen atoms in total. The number of ether oxygens (including phenoxy) is 1. The van der Waals surface area contributed by atoms with Crippen LogP contribution < -0.4 is 9.64 Å². The largest absolute Gasteiger partial charge is 0.429 e. The lowest BCUT2D eigenvalue weighted by Gasteiger charge is -2.37. The molecule has 1 aromatic carbocycles. The van der Waals surface area contributed by atoms with E-state index in [0.717, 1.165) is 12.3 Å². The van der Waals surface area contributed by atoms with Gasteiger partial charge in [-0.1, -0.05) is 0 Å². The highest BCUT2D eigenvalue weighted by molar-refractivity contribution is 5.64. The number of hydrogen-bond donors (Lipinski definition) is 1. The molecule has 0 spiro atoms. The second-order valence-corrected chi connectivity index (χ2v) is 5.59. The maximum Gasteiger partial charge on any atom is 0.415 e. The molecule has 1 aliphatic rings. The van der Waals surface area contributed by atoms with E-state index in [0.29, 0.717) is 5.56 Å². The number of aliphatic hydroxyl groups is 1. The summed E-state index contributed by atoms with van der Waals surface area (Å²) in [5.74, 6) is -1.84. The summed E-state index contributed by atoms with van der Waals surface area (Å²) in [7, 11) is 0. The number of fused-ring (bicyclic) bond motifs is 1. The number of hydrogen-bond acceptors (Lipinski definition) is 4. The molecule has 0 saturated heterocycles. The van der Waals surface area contributed by atoms with Crippen molar-refractivity contribution in [2.75, 3.05) is 11.4 Å². The Balaban J connectivity index is 2.05. The zero-order valence-electron chi connectivity index (χ0n) is 12.6. The van der Waals surface area contributed by atoms with Crippen LogP contribution in [0.1, 0.15) is 24.2 Å². The smallest absolute Gasteiger partial charge is 0.415 e. The van der Waals surface area contributed by atoms with E-state index in [4.69, 9.17) is 0 Å². The molecule has 0 aliphatic carbocycles. The summed E-state index contributed by atoms with van der Waals surface area (Å²) in [5, 5.41) is 9.70. The number of anilines is 1. The first-order valence-corrected chi connectivity index (χ1v) is 7.18. The van der Waals surface area contributed by atoms with E-state index in [2.05, 4.69) is 9.72 Å².